The number of hydrogen-bond donors (Lipinski definition) is 1. The number of carbonyl (C=O) groups is 1. The molecule has 132 valence electrons. The number of ether oxygens (including phenoxy) is 1. The highest BCUT2D eigenvalue weighted by molar-refractivity contribution is 5.93. The molecule has 0 aliphatic carbocycles. The Morgan fingerprint density at radius 3 is 2.92 bits per heavy atom. The van der Waals surface area contributed by atoms with Gasteiger partial charge in [0.25, 0.3) is 5.56 Å². The minimum absolute atomic E-state index is 0.0113. The average molecular weight is 342 g/mol. The summed E-state index contributed by atoms with van der Waals surface area (Å²) in [5.41, 5.74) is 0.579. The van der Waals surface area contributed by atoms with Crippen LogP contribution in [-0.4, -0.2) is 35.9 Å². The van der Waals surface area contributed by atoms with Gasteiger partial charge in [0.1, 0.15) is 11.6 Å². The monoisotopic (exact) mass is 342 g/mol. The lowest BCUT2D eigenvalue weighted by Crippen LogP contribution is -2.41. The molecule has 7 nitrogen and oxygen atoms in total. The Morgan fingerprint density at radius 1 is 1.32 bits per heavy atom. The zero-order valence-corrected chi connectivity index (χ0v) is 14.4. The van der Waals surface area contributed by atoms with Crippen molar-refractivity contribution in [1.82, 2.24) is 9.78 Å². The Labute approximate surface area is 146 Å². The summed E-state index contributed by atoms with van der Waals surface area (Å²) < 4.78 is 6.50. The van der Waals surface area contributed by atoms with Gasteiger partial charge in [-0.05, 0) is 31.0 Å². The summed E-state index contributed by atoms with van der Waals surface area (Å²) in [7, 11) is 3.23. The minimum atomic E-state index is -0.145. The Balaban J connectivity index is 1.68. The second-order valence-corrected chi connectivity index (χ2v) is 6.16. The number of amides is 1. The number of piperidine rings is 1. The summed E-state index contributed by atoms with van der Waals surface area (Å²) in [4.78, 5) is 26.2. The van der Waals surface area contributed by atoms with Crippen molar-refractivity contribution in [2.75, 3.05) is 30.4 Å². The third kappa shape index (κ3) is 3.99. The highest BCUT2D eigenvalue weighted by Crippen LogP contribution is 2.23. The number of rotatable bonds is 4. The first-order valence-electron chi connectivity index (χ1n) is 8.31. The van der Waals surface area contributed by atoms with Crippen LogP contribution in [0.2, 0.25) is 0 Å². The topological polar surface area (TPSA) is 76.5 Å². The first-order valence-corrected chi connectivity index (χ1v) is 8.31. The lowest BCUT2D eigenvalue weighted by molar-refractivity contribution is -0.120. The number of hydrogen-bond acceptors (Lipinski definition) is 5. The van der Waals surface area contributed by atoms with Crippen molar-refractivity contribution in [3.8, 4) is 5.75 Å². The first-order chi connectivity index (χ1) is 12.1. The molecule has 1 aromatic carbocycles. The number of methoxy groups -OCH3 is 1. The summed E-state index contributed by atoms with van der Waals surface area (Å²) in [6.45, 7) is 1.41. The van der Waals surface area contributed by atoms with E-state index in [9.17, 15) is 9.59 Å². The van der Waals surface area contributed by atoms with Crippen LogP contribution in [0.3, 0.4) is 0 Å². The molecule has 1 aliphatic heterocycles. The molecule has 0 radical (unpaired) electrons. The van der Waals surface area contributed by atoms with E-state index in [4.69, 9.17) is 4.74 Å². The number of nitrogens with zero attached hydrogens (tertiary/aromatic N) is 3. The van der Waals surface area contributed by atoms with E-state index in [1.54, 1.807) is 26.3 Å². The first kappa shape index (κ1) is 17.0. The molecule has 25 heavy (non-hydrogen) atoms. The third-order valence-corrected chi connectivity index (χ3v) is 4.40. The molecule has 1 fully saturated rings. The average Bonchev–Trinajstić information content (AvgIpc) is 2.64. The van der Waals surface area contributed by atoms with E-state index in [1.807, 2.05) is 18.2 Å². The van der Waals surface area contributed by atoms with Crippen molar-refractivity contribution in [1.29, 1.82) is 0 Å². The van der Waals surface area contributed by atoms with E-state index >= 15 is 0 Å². The van der Waals surface area contributed by atoms with E-state index in [-0.39, 0.29) is 17.4 Å². The molecule has 1 amide bonds. The zero-order valence-electron chi connectivity index (χ0n) is 14.4. The molecule has 0 saturated carbocycles. The molecule has 1 saturated heterocycles. The number of benzene rings is 1. The fourth-order valence-corrected chi connectivity index (χ4v) is 3.00. The standard InChI is InChI=1S/C18H22N4O3/c1-21-17(23)9-8-16(20-21)22-10-4-5-13(12-22)18(24)19-14-6-3-7-15(11-14)25-2/h3,6-9,11,13H,4-5,10,12H2,1-2H3,(H,19,24)/t13-/m0/s1. The van der Waals surface area contributed by atoms with Crippen LogP contribution in [0.15, 0.2) is 41.2 Å². The normalized spacial score (nSPS) is 17.2. The second kappa shape index (κ2) is 7.38. The van der Waals surface area contributed by atoms with Crippen molar-refractivity contribution in [2.45, 2.75) is 12.8 Å². The quantitative estimate of drug-likeness (QED) is 0.914. The summed E-state index contributed by atoms with van der Waals surface area (Å²) in [5.74, 6) is 1.29. The number of aryl methyl sites for hydroxylation is 1. The van der Waals surface area contributed by atoms with Gasteiger partial charge in [-0.15, -0.1) is 0 Å². The minimum Gasteiger partial charge on any atom is -0.497 e. The Morgan fingerprint density at radius 2 is 2.16 bits per heavy atom. The Kier molecular flexibility index (Phi) is 5.02. The predicted octanol–water partition coefficient (Wildman–Crippen LogP) is 1.64. The molecular weight excluding hydrogens is 320 g/mol. The molecule has 1 aromatic heterocycles. The number of carbonyl (C=O) groups excluding carboxylic acids is 1. The van der Waals surface area contributed by atoms with Crippen LogP contribution in [-0.2, 0) is 11.8 Å². The van der Waals surface area contributed by atoms with Crippen LogP contribution in [0.4, 0.5) is 11.5 Å². The molecule has 0 spiro atoms. The van der Waals surface area contributed by atoms with Gasteiger partial charge in [0.15, 0.2) is 0 Å². The molecular formula is C18H22N4O3. The molecule has 1 aliphatic rings. The van der Waals surface area contributed by atoms with Gasteiger partial charge in [0.05, 0.1) is 13.0 Å². The predicted molar refractivity (Wildman–Crippen MR) is 96.0 cm³/mol. The second-order valence-electron chi connectivity index (χ2n) is 6.16. The van der Waals surface area contributed by atoms with Crippen molar-refractivity contribution in [3.05, 3.63) is 46.8 Å². The molecule has 0 unspecified atom stereocenters. The van der Waals surface area contributed by atoms with Gasteiger partial charge in [-0.3, -0.25) is 9.59 Å². The number of nitrogens with one attached hydrogen (secondary N) is 1. The van der Waals surface area contributed by atoms with Gasteiger partial charge in [0.2, 0.25) is 5.91 Å². The van der Waals surface area contributed by atoms with Crippen LogP contribution >= 0.6 is 0 Å². The van der Waals surface area contributed by atoms with E-state index < -0.39 is 0 Å². The van der Waals surface area contributed by atoms with Crippen LogP contribution in [0, 0.1) is 5.92 Å². The maximum absolute atomic E-state index is 12.6. The van der Waals surface area contributed by atoms with Gasteiger partial charge in [0, 0.05) is 38.0 Å². The Bertz CT molecular complexity index is 818. The molecule has 2 heterocycles. The summed E-state index contributed by atoms with van der Waals surface area (Å²) >= 11 is 0. The lowest BCUT2D eigenvalue weighted by Gasteiger charge is -2.32. The van der Waals surface area contributed by atoms with Crippen LogP contribution < -0.4 is 20.5 Å². The van der Waals surface area contributed by atoms with E-state index in [0.29, 0.717) is 12.3 Å². The molecule has 0 bridgehead atoms. The van der Waals surface area contributed by atoms with E-state index in [1.165, 1.54) is 10.7 Å². The third-order valence-electron chi connectivity index (χ3n) is 4.40. The highest BCUT2D eigenvalue weighted by Gasteiger charge is 2.27. The van der Waals surface area contributed by atoms with Gasteiger partial charge < -0.3 is 15.0 Å². The van der Waals surface area contributed by atoms with Crippen LogP contribution in [0.25, 0.3) is 0 Å². The molecule has 3 rings (SSSR count). The highest BCUT2D eigenvalue weighted by atomic mass is 16.5. The summed E-state index contributed by atoms with van der Waals surface area (Å²) in [6, 6.07) is 10.5. The van der Waals surface area contributed by atoms with Crippen molar-refractivity contribution in [2.24, 2.45) is 13.0 Å². The number of aromatic nitrogens is 2. The smallest absolute Gasteiger partial charge is 0.266 e. The maximum atomic E-state index is 12.6. The SMILES string of the molecule is COc1cccc(NC(=O)[C@H]2CCCN(c3ccc(=O)n(C)n3)C2)c1. The van der Waals surface area contributed by atoms with Gasteiger partial charge in [-0.2, -0.15) is 5.10 Å². The fourth-order valence-electron chi connectivity index (χ4n) is 3.00. The molecule has 2 aromatic rings. The molecule has 7 heteroatoms. The van der Waals surface area contributed by atoms with E-state index in [0.717, 1.165) is 30.9 Å². The largest absolute Gasteiger partial charge is 0.497 e. The fraction of sp³-hybridized carbons (Fsp3) is 0.389. The van der Waals surface area contributed by atoms with Crippen LogP contribution in [0.5, 0.6) is 5.75 Å². The number of anilines is 2. The van der Waals surface area contributed by atoms with Gasteiger partial charge in [-0.25, -0.2) is 4.68 Å². The molecule has 1 N–H and O–H groups in total. The van der Waals surface area contributed by atoms with Gasteiger partial charge >= 0.3 is 0 Å². The maximum Gasteiger partial charge on any atom is 0.266 e. The van der Waals surface area contributed by atoms with E-state index in [2.05, 4.69) is 15.3 Å². The van der Waals surface area contributed by atoms with Crippen LogP contribution in [0.1, 0.15) is 12.8 Å². The zero-order chi connectivity index (χ0) is 17.8. The van der Waals surface area contributed by atoms with Crippen molar-refractivity contribution < 1.29 is 9.53 Å². The van der Waals surface area contributed by atoms with Gasteiger partial charge in [-0.1, -0.05) is 6.07 Å². The van der Waals surface area contributed by atoms with Crippen molar-refractivity contribution >= 4 is 17.4 Å². The lowest BCUT2D eigenvalue weighted by atomic mass is 9.97. The van der Waals surface area contributed by atoms with Crippen molar-refractivity contribution in [3.63, 3.8) is 0 Å². The molecule has 1 atom stereocenters. The summed E-state index contributed by atoms with van der Waals surface area (Å²) in [5, 5.41) is 7.24. The Hall–Kier alpha value is -2.83. The summed E-state index contributed by atoms with van der Waals surface area (Å²) in [6.07, 6.45) is 1.73.